The molecule has 1 aliphatic rings. The average molecular weight is 224 g/mol. The highest BCUT2D eigenvalue weighted by Gasteiger charge is 2.52. The summed E-state index contributed by atoms with van der Waals surface area (Å²) in [5.74, 6) is -0.979. The molecular formula is C11H13FN2O2. The van der Waals surface area contributed by atoms with Crippen molar-refractivity contribution in [1.82, 2.24) is 4.98 Å². The minimum Gasteiger partial charge on any atom is -0.468 e. The van der Waals surface area contributed by atoms with E-state index in [1.807, 2.05) is 0 Å². The first-order valence-corrected chi connectivity index (χ1v) is 5.05. The largest absolute Gasteiger partial charge is 0.468 e. The van der Waals surface area contributed by atoms with Gasteiger partial charge in [-0.2, -0.15) is 4.39 Å². The number of methoxy groups -OCH3 is 1. The first-order chi connectivity index (χ1) is 7.60. The molecular weight excluding hydrogens is 211 g/mol. The summed E-state index contributed by atoms with van der Waals surface area (Å²) >= 11 is 0. The summed E-state index contributed by atoms with van der Waals surface area (Å²) < 4.78 is 17.3. The number of halogens is 1. The van der Waals surface area contributed by atoms with Crippen LogP contribution in [0.4, 0.5) is 4.39 Å². The van der Waals surface area contributed by atoms with Crippen molar-refractivity contribution in [1.29, 1.82) is 0 Å². The molecule has 0 radical (unpaired) electrons. The van der Waals surface area contributed by atoms with Crippen LogP contribution in [0.2, 0.25) is 0 Å². The zero-order valence-corrected chi connectivity index (χ0v) is 8.94. The molecule has 86 valence electrons. The number of hydrogen-bond acceptors (Lipinski definition) is 4. The average Bonchev–Trinajstić information content (AvgIpc) is 3.09. The number of nitrogens with two attached hydrogens (primary N) is 1. The Hall–Kier alpha value is -1.49. The Morgan fingerprint density at radius 2 is 2.31 bits per heavy atom. The van der Waals surface area contributed by atoms with Gasteiger partial charge in [0.05, 0.1) is 7.11 Å². The van der Waals surface area contributed by atoms with E-state index in [1.165, 1.54) is 19.4 Å². The molecule has 4 nitrogen and oxygen atoms in total. The van der Waals surface area contributed by atoms with Crippen LogP contribution in [0.15, 0.2) is 18.3 Å². The van der Waals surface area contributed by atoms with E-state index < -0.39 is 23.4 Å². The van der Waals surface area contributed by atoms with E-state index in [9.17, 15) is 9.18 Å². The number of rotatable bonds is 3. The Morgan fingerprint density at radius 1 is 1.62 bits per heavy atom. The monoisotopic (exact) mass is 224 g/mol. The molecule has 1 atom stereocenters. The highest BCUT2D eigenvalue weighted by atomic mass is 19.1. The molecule has 1 saturated carbocycles. The summed E-state index contributed by atoms with van der Waals surface area (Å²) in [4.78, 5) is 15.0. The lowest BCUT2D eigenvalue weighted by molar-refractivity contribution is -0.143. The summed E-state index contributed by atoms with van der Waals surface area (Å²) in [6, 6.07) is 2.20. The maximum absolute atomic E-state index is 12.7. The quantitative estimate of drug-likeness (QED) is 0.608. The lowest BCUT2D eigenvalue weighted by Crippen LogP contribution is -2.42. The molecule has 16 heavy (non-hydrogen) atoms. The van der Waals surface area contributed by atoms with Gasteiger partial charge in [0.15, 0.2) is 0 Å². The third-order valence-electron chi connectivity index (χ3n) is 3.14. The van der Waals surface area contributed by atoms with Crippen molar-refractivity contribution in [3.63, 3.8) is 0 Å². The molecule has 0 aliphatic heterocycles. The molecule has 1 fully saturated rings. The molecule has 1 aromatic heterocycles. The standard InChI is InChI=1S/C11H13FN2O2/c1-16-10(15)9(13)11(4-5-11)7-2-3-8(12)14-6-7/h2-3,6,9H,4-5,13H2,1H3. The van der Waals surface area contributed by atoms with Crippen molar-refractivity contribution in [3.05, 3.63) is 29.8 Å². The Labute approximate surface area is 92.6 Å². The van der Waals surface area contributed by atoms with Crippen LogP contribution in [0.5, 0.6) is 0 Å². The van der Waals surface area contributed by atoms with E-state index >= 15 is 0 Å². The fraction of sp³-hybridized carbons (Fsp3) is 0.455. The van der Waals surface area contributed by atoms with Crippen LogP contribution in [0, 0.1) is 5.95 Å². The van der Waals surface area contributed by atoms with Gasteiger partial charge in [0.25, 0.3) is 0 Å². The van der Waals surface area contributed by atoms with Gasteiger partial charge in [0.2, 0.25) is 5.95 Å². The normalized spacial score (nSPS) is 18.9. The van der Waals surface area contributed by atoms with Crippen molar-refractivity contribution in [3.8, 4) is 0 Å². The van der Waals surface area contributed by atoms with Gasteiger partial charge in [0.1, 0.15) is 6.04 Å². The number of aromatic nitrogens is 1. The topological polar surface area (TPSA) is 65.2 Å². The van der Waals surface area contributed by atoms with Crippen LogP contribution in [0.3, 0.4) is 0 Å². The predicted molar refractivity (Wildman–Crippen MR) is 55.1 cm³/mol. The van der Waals surface area contributed by atoms with Gasteiger partial charge in [-0.25, -0.2) is 4.98 Å². The fourth-order valence-electron chi connectivity index (χ4n) is 1.94. The van der Waals surface area contributed by atoms with Crippen molar-refractivity contribution >= 4 is 5.97 Å². The van der Waals surface area contributed by atoms with Crippen molar-refractivity contribution in [2.45, 2.75) is 24.3 Å². The summed E-state index contributed by atoms with van der Waals surface area (Å²) in [7, 11) is 1.31. The molecule has 0 saturated heterocycles. The third-order valence-corrected chi connectivity index (χ3v) is 3.14. The third kappa shape index (κ3) is 1.67. The van der Waals surface area contributed by atoms with Crippen LogP contribution in [-0.2, 0) is 14.9 Å². The number of carbonyl (C=O) groups is 1. The van der Waals surface area contributed by atoms with Crippen molar-refractivity contribution in [2.75, 3.05) is 7.11 Å². The number of nitrogens with zero attached hydrogens (tertiary/aromatic N) is 1. The summed E-state index contributed by atoms with van der Waals surface area (Å²) in [6.07, 6.45) is 3.04. The zero-order chi connectivity index (χ0) is 11.8. The maximum Gasteiger partial charge on any atom is 0.323 e. The second-order valence-electron chi connectivity index (χ2n) is 4.03. The van der Waals surface area contributed by atoms with E-state index in [1.54, 1.807) is 6.07 Å². The second-order valence-corrected chi connectivity index (χ2v) is 4.03. The Kier molecular flexibility index (Phi) is 2.63. The Bertz CT molecular complexity index is 401. The van der Waals surface area contributed by atoms with Gasteiger partial charge < -0.3 is 10.5 Å². The SMILES string of the molecule is COC(=O)C(N)C1(c2ccc(F)nc2)CC1. The van der Waals surface area contributed by atoms with E-state index in [-0.39, 0.29) is 0 Å². The summed E-state index contributed by atoms with van der Waals surface area (Å²) in [6.45, 7) is 0. The first kappa shape index (κ1) is 11.0. The molecule has 2 N–H and O–H groups in total. The Morgan fingerprint density at radius 3 is 2.75 bits per heavy atom. The molecule has 0 spiro atoms. The molecule has 1 aliphatic carbocycles. The van der Waals surface area contributed by atoms with E-state index in [4.69, 9.17) is 5.73 Å². The fourth-order valence-corrected chi connectivity index (χ4v) is 1.94. The smallest absolute Gasteiger partial charge is 0.323 e. The molecule has 0 bridgehead atoms. The lowest BCUT2D eigenvalue weighted by Gasteiger charge is -2.21. The van der Waals surface area contributed by atoms with Crippen LogP contribution in [0.1, 0.15) is 18.4 Å². The summed E-state index contributed by atoms with van der Waals surface area (Å²) in [5, 5.41) is 0. The number of pyridine rings is 1. The maximum atomic E-state index is 12.7. The van der Waals surface area contributed by atoms with Gasteiger partial charge in [0, 0.05) is 11.6 Å². The van der Waals surface area contributed by atoms with Gasteiger partial charge >= 0.3 is 5.97 Å². The number of carbonyl (C=O) groups excluding carboxylic acids is 1. The number of ether oxygens (including phenoxy) is 1. The highest BCUT2D eigenvalue weighted by Crippen LogP contribution is 2.50. The van der Waals surface area contributed by atoms with Gasteiger partial charge in [-0.1, -0.05) is 6.07 Å². The Balaban J connectivity index is 2.26. The number of hydrogen-bond donors (Lipinski definition) is 1. The van der Waals surface area contributed by atoms with Crippen molar-refractivity contribution in [2.24, 2.45) is 5.73 Å². The second kappa shape index (κ2) is 3.83. The molecule has 1 aromatic rings. The minimum atomic E-state index is -0.704. The van der Waals surface area contributed by atoms with Crippen LogP contribution >= 0.6 is 0 Å². The lowest BCUT2D eigenvalue weighted by atomic mass is 9.90. The minimum absolute atomic E-state index is 0.409. The van der Waals surface area contributed by atoms with Gasteiger partial charge in [-0.15, -0.1) is 0 Å². The molecule has 5 heteroatoms. The molecule has 1 unspecified atom stereocenters. The molecule has 0 amide bonds. The van der Waals surface area contributed by atoms with Crippen LogP contribution in [-0.4, -0.2) is 24.1 Å². The van der Waals surface area contributed by atoms with E-state index in [0.717, 1.165) is 18.4 Å². The van der Waals surface area contributed by atoms with Gasteiger partial charge in [-0.05, 0) is 24.5 Å². The molecule has 2 rings (SSSR count). The van der Waals surface area contributed by atoms with Crippen LogP contribution < -0.4 is 5.73 Å². The van der Waals surface area contributed by atoms with Gasteiger partial charge in [-0.3, -0.25) is 4.79 Å². The van der Waals surface area contributed by atoms with E-state index in [2.05, 4.69) is 9.72 Å². The first-order valence-electron chi connectivity index (χ1n) is 5.05. The summed E-state index contributed by atoms with van der Waals surface area (Å²) in [5.41, 5.74) is 6.23. The van der Waals surface area contributed by atoms with Crippen molar-refractivity contribution < 1.29 is 13.9 Å². The molecule has 0 aromatic carbocycles. The predicted octanol–water partition coefficient (Wildman–Crippen LogP) is 0.753. The highest BCUT2D eigenvalue weighted by molar-refractivity contribution is 5.78. The zero-order valence-electron chi connectivity index (χ0n) is 8.94. The van der Waals surface area contributed by atoms with Crippen LogP contribution in [0.25, 0.3) is 0 Å². The van der Waals surface area contributed by atoms with E-state index in [0.29, 0.717) is 0 Å². The molecule has 1 heterocycles. The number of esters is 1.